The largest absolute Gasteiger partial charge is 0.565 e. The number of nitrogens with two attached hydrogens (primary N) is 1. The summed E-state index contributed by atoms with van der Waals surface area (Å²) in [5.41, 5.74) is 10.6. The summed E-state index contributed by atoms with van der Waals surface area (Å²) in [5, 5.41) is 31.6. The van der Waals surface area contributed by atoms with E-state index in [0.717, 1.165) is 0 Å². The molecule has 9 N–H and O–H groups in total. The molecule has 2 aromatic carbocycles. The van der Waals surface area contributed by atoms with Gasteiger partial charge in [0, 0.05) is 136 Å². The maximum absolute atomic E-state index is 13.2. The number of carbonyl (C=O) groups excluding carboxylic acids is 2. The molecule has 0 bridgehead atoms. The average molecular weight is 1120 g/mol. The Morgan fingerprint density at radius 2 is 1.66 bits per heavy atom. The minimum absolute atomic E-state index is 0. The molecule has 21 heteroatoms. The van der Waals surface area contributed by atoms with Crippen LogP contribution in [0.15, 0.2) is 36.4 Å². The molecule has 1 amide bonds. The molecule has 50 heavy (non-hydrogen) atoms. The first kappa shape index (κ1) is 52.4. The molecule has 0 saturated carbocycles. The van der Waals surface area contributed by atoms with Gasteiger partial charge in [-0.25, -0.2) is 9.59 Å². The van der Waals surface area contributed by atoms with Crippen molar-refractivity contribution in [1.29, 1.82) is 0 Å². The minimum atomic E-state index is -1.26. The Morgan fingerprint density at radius 3 is 2.32 bits per heavy atom. The Hall–Kier alpha value is 0.314. The number of nitrogens with zero attached hydrogens (tertiary/aromatic N) is 1. The molecule has 1 aliphatic rings. The molecule has 277 valence electrons. The average Bonchev–Trinajstić information content (AvgIpc) is 3.03. The van der Waals surface area contributed by atoms with E-state index in [0.29, 0.717) is 43.1 Å². The Balaban J connectivity index is 0. The molecule has 1 heterocycles. The summed E-state index contributed by atoms with van der Waals surface area (Å²) in [5.74, 6) is -1.43. The number of nitrogens with one attached hydrogen (secondary N) is 1. The topological polar surface area (TPSA) is 264 Å². The summed E-state index contributed by atoms with van der Waals surface area (Å²) in [7, 11) is 0. The second-order valence-electron chi connectivity index (χ2n) is 9.80. The number of halogens is 1. The van der Waals surface area contributed by atoms with E-state index >= 15 is 0 Å². The second-order valence-corrected chi connectivity index (χ2v) is 10.7. The van der Waals surface area contributed by atoms with Gasteiger partial charge in [0.05, 0.1) is 73.9 Å². The van der Waals surface area contributed by atoms with E-state index in [1.165, 1.54) is 34.7 Å². The van der Waals surface area contributed by atoms with Crippen LogP contribution >= 0.6 is 22.6 Å². The van der Waals surface area contributed by atoms with Crippen LogP contribution in [0.1, 0.15) is 39.9 Å². The minimum Gasteiger partial charge on any atom is -0.565 e. The van der Waals surface area contributed by atoms with Crippen molar-refractivity contribution < 1.29 is 167 Å². The monoisotopic (exact) mass is 1120 g/mol. The second kappa shape index (κ2) is 29.6. The van der Waals surface area contributed by atoms with Crippen LogP contribution in [-0.2, 0) is 114 Å². The quantitative estimate of drug-likeness (QED) is 0.0481. The van der Waals surface area contributed by atoms with Crippen LogP contribution in [0, 0.1) is 38.6 Å². The third kappa shape index (κ3) is 19.6. The summed E-state index contributed by atoms with van der Waals surface area (Å²) >= 11 is 1.49. The van der Waals surface area contributed by atoms with Crippen molar-refractivity contribution in [2.45, 2.75) is 51.2 Å². The summed E-state index contributed by atoms with van der Waals surface area (Å²) in [6.45, 7) is 1.45. The first-order valence-corrected chi connectivity index (χ1v) is 15.3. The molecule has 2 aromatic rings. The van der Waals surface area contributed by atoms with Crippen molar-refractivity contribution in [3.8, 4) is 11.5 Å². The molecule has 1 saturated heterocycles. The van der Waals surface area contributed by atoms with Gasteiger partial charge in [-0.1, -0.05) is 12.1 Å². The van der Waals surface area contributed by atoms with E-state index in [4.69, 9.17) is 39.1 Å². The number of aliphatic carboxylic acids is 1. The van der Waals surface area contributed by atoms with E-state index in [2.05, 4.69) is 11.0 Å². The molecule has 3 unspecified atom stereocenters. The van der Waals surface area contributed by atoms with Crippen LogP contribution in [0.5, 0.6) is 11.5 Å². The zero-order valence-electron chi connectivity index (χ0n) is 27.0. The Labute approximate surface area is 384 Å². The molecule has 0 aromatic heterocycles. The Bertz CT molecular complexity index is 1310. The number of carboxylic acid groups (broad SMARTS) is 1. The van der Waals surface area contributed by atoms with E-state index < -0.39 is 34.4 Å². The Morgan fingerprint density at radius 1 is 0.980 bits per heavy atom. The molecule has 17 nitrogen and oxygen atoms in total. The first-order chi connectivity index (χ1) is 22.2. The molecular formula is C29H40IN4O13TbY2-. The van der Waals surface area contributed by atoms with E-state index in [1.807, 2.05) is 0 Å². The third-order valence-electron chi connectivity index (χ3n) is 6.32. The molecular weight excluding hydrogens is 1080 g/mol. The number of rotatable bonds is 20. The molecule has 0 spiro atoms. The maximum atomic E-state index is 13.2. The molecule has 0 aliphatic carbocycles. The zero-order chi connectivity index (χ0) is 33.3. The third-order valence-corrected chi connectivity index (χ3v) is 6.63. The van der Waals surface area contributed by atoms with Gasteiger partial charge < -0.3 is 71.5 Å². The zero-order valence-corrected chi connectivity index (χ0v) is 37.0. The number of hydrogen-bond donors (Lipinski definition) is 6. The number of hydrogen-bond acceptors (Lipinski definition) is 14. The number of carbonyl (C=O) groups is 3. The van der Waals surface area contributed by atoms with E-state index in [-0.39, 0.29) is 173 Å². The molecule has 3 atom stereocenters. The summed E-state index contributed by atoms with van der Waals surface area (Å²) < 4.78 is 26.5. The number of ether oxygens (including phenoxy) is 5. The van der Waals surface area contributed by atoms with Crippen molar-refractivity contribution >= 4 is 38.4 Å². The van der Waals surface area contributed by atoms with Crippen molar-refractivity contribution in [2.24, 2.45) is 5.73 Å². The van der Waals surface area contributed by atoms with Crippen LogP contribution in [0.25, 0.3) is 5.64 Å². The predicted molar refractivity (Wildman–Crippen MR) is 172 cm³/mol. The summed E-state index contributed by atoms with van der Waals surface area (Å²) in [6.07, 6.45) is -3.43. The van der Waals surface area contributed by atoms with Gasteiger partial charge in [0.2, 0.25) is 6.29 Å². The fourth-order valence-corrected chi connectivity index (χ4v) is 4.31. The van der Waals surface area contributed by atoms with Gasteiger partial charge in [0.15, 0.2) is 6.10 Å². The van der Waals surface area contributed by atoms with Crippen molar-refractivity contribution in [3.05, 3.63) is 64.3 Å². The number of carboxylic acids is 1. The fraction of sp³-hybridized carbons (Fsp3) is 0.483. The first-order valence-electron chi connectivity index (χ1n) is 14.2. The summed E-state index contributed by atoms with van der Waals surface area (Å²) in [6, 6.07) is 9.34. The van der Waals surface area contributed by atoms with Crippen molar-refractivity contribution in [1.82, 2.24) is 11.5 Å². The fourth-order valence-electron chi connectivity index (χ4n) is 4.16. The van der Waals surface area contributed by atoms with Gasteiger partial charge in [-0.2, -0.15) is 0 Å². The smallest absolute Gasteiger partial charge is 0.367 e. The number of amides is 1. The van der Waals surface area contributed by atoms with Gasteiger partial charge in [-0.15, -0.1) is 0 Å². The maximum Gasteiger partial charge on any atom is 0.367 e. The van der Waals surface area contributed by atoms with Gasteiger partial charge in [-0.3, -0.25) is 4.79 Å². The normalized spacial score (nSPS) is 16.3. The van der Waals surface area contributed by atoms with Gasteiger partial charge >= 0.3 is 9.95 Å². The van der Waals surface area contributed by atoms with Gasteiger partial charge in [0.1, 0.15) is 18.1 Å². The van der Waals surface area contributed by atoms with Crippen LogP contribution in [0.2, 0.25) is 0 Å². The molecule has 1 aliphatic heterocycles. The van der Waals surface area contributed by atoms with Crippen molar-refractivity contribution in [3.63, 3.8) is 0 Å². The van der Waals surface area contributed by atoms with Crippen LogP contribution in [0.4, 0.5) is 4.79 Å². The van der Waals surface area contributed by atoms with Crippen LogP contribution < -0.4 is 26.8 Å². The standard InChI is InChI=1S/C29H37IN3O13.H3N.Tb.2Y/c30-29(39)42-17-20-11-18(15-34)1-3-23(20)46-33-43-16-19-2-4-24(44-26-14-21(35)13-25(45-26)28(37)38)22(12-19)27(36)32-6-8-41-10-9-40-7-5-31;;;;/h1-4,11-12,21,25-26,34-35H,5-10,13-17,31H2,(H,32,36)(H,37,38);1H3;;;/q-1;;;;. The van der Waals surface area contributed by atoms with Crippen LogP contribution in [0.3, 0.4) is 0 Å². The summed E-state index contributed by atoms with van der Waals surface area (Å²) in [4.78, 5) is 46.5. The Kier molecular flexibility index (Phi) is 31.1. The molecule has 3 radical (unpaired) electrons. The van der Waals surface area contributed by atoms with Crippen molar-refractivity contribution in [2.75, 3.05) is 39.5 Å². The van der Waals surface area contributed by atoms with Crippen LogP contribution in [-0.4, -0.2) is 89.2 Å². The van der Waals surface area contributed by atoms with E-state index in [1.54, 1.807) is 24.3 Å². The SMILES string of the molecule is N.NCCOCCOCCNC(=O)c1cc(CO[N-]Oc2ccc(CO)cc2COC(=O)I)ccc1OC1CC(O)CC(C(=O)O)O1.[Tb].[Y].[Y]. The molecule has 3 rings (SSSR count). The van der Waals surface area contributed by atoms with Gasteiger partial charge in [0.25, 0.3) is 5.91 Å². The number of aliphatic hydroxyl groups is 2. The molecule has 1 fully saturated rings. The predicted octanol–water partition coefficient (Wildman–Crippen LogP) is 2.26. The van der Waals surface area contributed by atoms with Gasteiger partial charge in [-0.05, 0) is 35.4 Å². The number of aliphatic hydroxyl groups excluding tert-OH is 2. The number of benzene rings is 2. The van der Waals surface area contributed by atoms with E-state index in [9.17, 15) is 29.7 Å².